The fourth-order valence-corrected chi connectivity index (χ4v) is 5.64. The van der Waals surface area contributed by atoms with E-state index < -0.39 is 0 Å². The number of hydrogen-bond donors (Lipinski definition) is 0. The average Bonchev–Trinajstić information content (AvgIpc) is 3.39. The lowest BCUT2D eigenvalue weighted by Crippen LogP contribution is -3.00. The Morgan fingerprint density at radius 3 is 1.37 bits per heavy atom. The zero-order valence-corrected chi connectivity index (χ0v) is 25.5. The van der Waals surface area contributed by atoms with Gasteiger partial charge in [0.1, 0.15) is 23.8 Å². The number of nitrogens with zero attached hydrogens (tertiary/aromatic N) is 2. The maximum atomic E-state index is 2.43. The summed E-state index contributed by atoms with van der Waals surface area (Å²) in [7, 11) is 0. The van der Waals surface area contributed by atoms with Gasteiger partial charge in [-0.2, -0.15) is 0 Å². The molecule has 0 unspecified atom stereocenters. The van der Waals surface area contributed by atoms with Gasteiger partial charge in [-0.3, -0.25) is 0 Å². The van der Waals surface area contributed by atoms with Crippen LogP contribution >= 0.6 is 0 Å². The minimum Gasteiger partial charge on any atom is -1.00 e. The van der Waals surface area contributed by atoms with Crippen molar-refractivity contribution in [3.8, 4) is 11.4 Å². The summed E-state index contributed by atoms with van der Waals surface area (Å²) in [4.78, 5) is 0. The van der Waals surface area contributed by atoms with Crippen molar-refractivity contribution in [3.63, 3.8) is 0 Å². The van der Waals surface area contributed by atoms with Crippen molar-refractivity contribution in [2.45, 2.75) is 130 Å². The molecule has 1 heterocycles. The van der Waals surface area contributed by atoms with Crippen LogP contribution in [0.1, 0.15) is 127 Å². The molecule has 1 aromatic heterocycles. The van der Waals surface area contributed by atoms with Crippen LogP contribution in [0.3, 0.4) is 0 Å². The van der Waals surface area contributed by atoms with Gasteiger partial charge in [-0.15, -0.1) is 0 Å². The van der Waals surface area contributed by atoms with E-state index in [-0.39, 0.29) is 12.4 Å². The van der Waals surface area contributed by atoms with E-state index in [1.807, 2.05) is 0 Å². The van der Waals surface area contributed by atoms with E-state index in [0.29, 0.717) is 0 Å². The summed E-state index contributed by atoms with van der Waals surface area (Å²) in [6.07, 6.45) is 27.0. The van der Waals surface area contributed by atoms with Gasteiger partial charge in [0.15, 0.2) is 0 Å². The summed E-state index contributed by atoms with van der Waals surface area (Å²) in [5.74, 6) is 0. The van der Waals surface area contributed by atoms with E-state index in [0.717, 1.165) is 0 Å². The first-order chi connectivity index (χ1) is 18.2. The van der Waals surface area contributed by atoms with Gasteiger partial charge in [-0.1, -0.05) is 115 Å². The van der Waals surface area contributed by atoms with Crippen molar-refractivity contribution >= 4 is 0 Å². The summed E-state index contributed by atoms with van der Waals surface area (Å²) in [6, 6.07) is 14.1. The molecule has 0 fully saturated rings. The molecule has 0 N–H and O–H groups in total. The van der Waals surface area contributed by atoms with Crippen LogP contribution in [0, 0.1) is 0 Å². The van der Waals surface area contributed by atoms with Crippen LogP contribution in [-0.2, 0) is 25.7 Å². The van der Waals surface area contributed by atoms with Crippen LogP contribution < -0.4 is 17.0 Å². The molecule has 0 saturated carbocycles. The summed E-state index contributed by atoms with van der Waals surface area (Å²) in [5.41, 5.74) is 8.89. The second-order valence-corrected chi connectivity index (χ2v) is 10.9. The molecular formula is C35H53ClN2. The topological polar surface area (TPSA) is 8.81 Å². The minimum atomic E-state index is 0. The van der Waals surface area contributed by atoms with Crippen LogP contribution in [0.25, 0.3) is 11.4 Å². The van der Waals surface area contributed by atoms with E-state index in [4.69, 9.17) is 0 Å². The van der Waals surface area contributed by atoms with E-state index in [1.54, 1.807) is 0 Å². The van der Waals surface area contributed by atoms with Crippen molar-refractivity contribution in [2.75, 3.05) is 0 Å². The second-order valence-electron chi connectivity index (χ2n) is 10.9. The maximum absolute atomic E-state index is 2.43. The number of benzene rings is 2. The molecule has 0 radical (unpaired) electrons. The van der Waals surface area contributed by atoms with Gasteiger partial charge in [-0.05, 0) is 73.6 Å². The third-order valence-electron chi connectivity index (χ3n) is 7.76. The number of imidazole rings is 1. The summed E-state index contributed by atoms with van der Waals surface area (Å²) in [5, 5.41) is 0. The summed E-state index contributed by atoms with van der Waals surface area (Å²) < 4.78 is 4.86. The first kappa shape index (κ1) is 32.2. The summed E-state index contributed by atoms with van der Waals surface area (Å²) >= 11 is 0. The predicted molar refractivity (Wildman–Crippen MR) is 160 cm³/mol. The lowest BCUT2D eigenvalue weighted by Gasteiger charge is -2.13. The highest BCUT2D eigenvalue weighted by atomic mass is 35.5. The van der Waals surface area contributed by atoms with Crippen LogP contribution in [0.4, 0.5) is 0 Å². The van der Waals surface area contributed by atoms with Gasteiger partial charge in [0, 0.05) is 0 Å². The van der Waals surface area contributed by atoms with E-state index >= 15 is 0 Å². The molecular weight excluding hydrogens is 484 g/mol. The van der Waals surface area contributed by atoms with Crippen LogP contribution in [0.5, 0.6) is 0 Å². The number of halogens is 1. The first-order valence-corrected chi connectivity index (χ1v) is 15.5. The minimum absolute atomic E-state index is 0. The maximum Gasteiger partial charge on any atom is 0.254 e. The molecule has 0 aliphatic rings. The fourth-order valence-electron chi connectivity index (χ4n) is 5.64. The molecule has 0 aliphatic heterocycles. The smallest absolute Gasteiger partial charge is 0.254 e. The van der Waals surface area contributed by atoms with E-state index in [9.17, 15) is 0 Å². The molecule has 3 aromatic rings. The Morgan fingerprint density at radius 2 is 0.947 bits per heavy atom. The number of rotatable bonds is 18. The number of para-hydroxylation sites is 2. The third-order valence-corrected chi connectivity index (χ3v) is 7.76. The third kappa shape index (κ3) is 9.30. The lowest BCUT2D eigenvalue weighted by atomic mass is 9.97. The van der Waals surface area contributed by atoms with Gasteiger partial charge in [0.2, 0.25) is 0 Å². The molecule has 0 spiro atoms. The van der Waals surface area contributed by atoms with Crippen molar-refractivity contribution in [3.05, 3.63) is 77.4 Å². The Hall–Kier alpha value is -2.06. The average molecular weight is 537 g/mol. The number of unbranched alkanes of at least 4 members (excludes halogenated alkanes) is 8. The fraction of sp³-hybridized carbons (Fsp3) is 0.571. The van der Waals surface area contributed by atoms with Crippen molar-refractivity contribution < 1.29 is 17.0 Å². The second kappa shape index (κ2) is 18.3. The zero-order valence-electron chi connectivity index (χ0n) is 24.8. The predicted octanol–water partition coefficient (Wildman–Crippen LogP) is 6.69. The van der Waals surface area contributed by atoms with Gasteiger partial charge in [0.05, 0.1) is 0 Å². The molecule has 0 bridgehead atoms. The molecule has 3 rings (SSSR count). The molecule has 0 aliphatic carbocycles. The van der Waals surface area contributed by atoms with E-state index in [1.165, 1.54) is 136 Å². The quantitative estimate of drug-likeness (QED) is 0.126. The Labute approximate surface area is 240 Å². The molecule has 2 aromatic carbocycles. The Balaban J connectivity index is 0.00000507. The molecule has 0 saturated heterocycles. The highest BCUT2D eigenvalue weighted by molar-refractivity contribution is 5.49. The molecule has 0 amide bonds. The van der Waals surface area contributed by atoms with Gasteiger partial charge in [0.25, 0.3) is 6.33 Å². The highest BCUT2D eigenvalue weighted by Gasteiger charge is 2.20. The van der Waals surface area contributed by atoms with Crippen LogP contribution in [0.15, 0.2) is 55.1 Å². The Kier molecular flexibility index (Phi) is 15.5. The van der Waals surface area contributed by atoms with Crippen LogP contribution in [-0.4, -0.2) is 4.57 Å². The van der Waals surface area contributed by atoms with Gasteiger partial charge in [-0.25, -0.2) is 9.13 Å². The standard InChI is InChI=1S/C35H53N2.ClH/c1-5-9-13-19-30-23-17-24-31(20-14-10-6-2)34(30)36-27-28-37(29-36)35-32(21-15-11-7-3)25-18-26-33(35)22-16-12-8-4;/h17-18,23-29H,5-16,19-22H2,1-4H3;1H/q+1;/p-1. The Morgan fingerprint density at radius 1 is 0.553 bits per heavy atom. The lowest BCUT2D eigenvalue weighted by molar-refractivity contribution is -0.595. The zero-order chi connectivity index (χ0) is 26.3. The molecule has 2 nitrogen and oxygen atoms in total. The summed E-state index contributed by atoms with van der Waals surface area (Å²) in [6.45, 7) is 9.19. The van der Waals surface area contributed by atoms with Gasteiger partial charge < -0.3 is 12.4 Å². The molecule has 38 heavy (non-hydrogen) atoms. The SMILES string of the molecule is CCCCCc1cccc(CCCCC)c1-n1cc[n+](-c2c(CCCCC)cccc2CCCCC)c1.[Cl-]. The van der Waals surface area contributed by atoms with Crippen molar-refractivity contribution in [1.29, 1.82) is 0 Å². The molecule has 0 atom stereocenters. The molecule has 210 valence electrons. The normalized spacial score (nSPS) is 11.1. The van der Waals surface area contributed by atoms with Crippen molar-refractivity contribution in [2.24, 2.45) is 0 Å². The monoisotopic (exact) mass is 536 g/mol. The number of hydrogen-bond acceptors (Lipinski definition) is 0. The van der Waals surface area contributed by atoms with Crippen molar-refractivity contribution in [1.82, 2.24) is 4.57 Å². The number of aryl methyl sites for hydroxylation is 4. The largest absolute Gasteiger partial charge is 1.00 e. The Bertz CT molecular complexity index is 913. The first-order valence-electron chi connectivity index (χ1n) is 15.5. The molecule has 3 heteroatoms. The van der Waals surface area contributed by atoms with E-state index in [2.05, 4.69) is 91.9 Å². The highest BCUT2D eigenvalue weighted by Crippen LogP contribution is 2.25. The van der Waals surface area contributed by atoms with Crippen LogP contribution in [0.2, 0.25) is 0 Å². The van der Waals surface area contributed by atoms with Gasteiger partial charge >= 0.3 is 0 Å². The number of aromatic nitrogens is 2.